The number of ether oxygens (including phenoxy) is 1. The maximum absolute atomic E-state index is 11.5. The maximum Gasteiger partial charge on any atom is 0.257 e. The molecule has 0 bridgehead atoms. The largest absolute Gasteiger partial charge is 0.483 e. The number of carbonyl (C=O) groups excluding carboxylic acids is 1. The molecule has 0 saturated heterocycles. The predicted octanol–water partition coefficient (Wildman–Crippen LogP) is 1.39. The molecule has 6 nitrogen and oxygen atoms in total. The van der Waals surface area contributed by atoms with Crippen LogP contribution in [0.15, 0.2) is 27.6 Å². The summed E-state index contributed by atoms with van der Waals surface area (Å²) in [5.41, 5.74) is 0. The van der Waals surface area contributed by atoms with Gasteiger partial charge in [0.25, 0.3) is 5.91 Å². The van der Waals surface area contributed by atoms with Gasteiger partial charge in [-0.25, -0.2) is 13.6 Å². The van der Waals surface area contributed by atoms with Crippen molar-refractivity contribution in [3.8, 4) is 5.75 Å². The van der Waals surface area contributed by atoms with Gasteiger partial charge in [-0.1, -0.05) is 13.3 Å². The second-order valence-corrected chi connectivity index (χ2v) is 6.55. The quantitative estimate of drug-likeness (QED) is 0.714. The molecule has 0 aliphatic heterocycles. The second-order valence-electron chi connectivity index (χ2n) is 4.13. The Kier molecular flexibility index (Phi) is 6.44. The topological polar surface area (TPSA) is 98.5 Å². The molecule has 0 radical (unpaired) electrons. The summed E-state index contributed by atoms with van der Waals surface area (Å²) in [6.07, 6.45) is 1.92. The van der Waals surface area contributed by atoms with Crippen LogP contribution in [-0.2, 0) is 14.8 Å². The average Bonchev–Trinajstić information content (AvgIpc) is 2.36. The van der Waals surface area contributed by atoms with Crippen molar-refractivity contribution in [1.29, 1.82) is 0 Å². The van der Waals surface area contributed by atoms with Crippen LogP contribution in [0.2, 0.25) is 0 Å². The number of halogens is 1. The van der Waals surface area contributed by atoms with E-state index >= 15 is 0 Å². The molecule has 0 fully saturated rings. The van der Waals surface area contributed by atoms with Gasteiger partial charge in [-0.3, -0.25) is 4.79 Å². The molecule has 3 N–H and O–H groups in total. The summed E-state index contributed by atoms with van der Waals surface area (Å²) in [5.74, 6) is 0.156. The van der Waals surface area contributed by atoms with E-state index in [0.717, 1.165) is 12.8 Å². The summed E-state index contributed by atoms with van der Waals surface area (Å²) in [7, 11) is -3.75. The van der Waals surface area contributed by atoms with Crippen LogP contribution >= 0.6 is 15.9 Å². The number of nitrogens with one attached hydrogen (secondary N) is 1. The highest BCUT2D eigenvalue weighted by Crippen LogP contribution is 2.27. The van der Waals surface area contributed by atoms with Gasteiger partial charge < -0.3 is 10.1 Å². The van der Waals surface area contributed by atoms with Crippen LogP contribution in [0.25, 0.3) is 0 Å². The SMILES string of the molecule is CCCCNC(=O)COc1ccc(S(N)(=O)=O)cc1Br. The van der Waals surface area contributed by atoms with Gasteiger partial charge in [0.1, 0.15) is 5.75 Å². The zero-order valence-corrected chi connectivity index (χ0v) is 13.5. The lowest BCUT2D eigenvalue weighted by Crippen LogP contribution is -2.29. The van der Waals surface area contributed by atoms with Crippen LogP contribution in [0.1, 0.15) is 19.8 Å². The summed E-state index contributed by atoms with van der Waals surface area (Å²) in [6, 6.07) is 4.10. The first-order valence-electron chi connectivity index (χ1n) is 6.06. The van der Waals surface area contributed by atoms with Gasteiger partial charge in [-0.05, 0) is 40.5 Å². The summed E-state index contributed by atoms with van der Waals surface area (Å²) in [6.45, 7) is 2.52. The Morgan fingerprint density at radius 2 is 2.15 bits per heavy atom. The van der Waals surface area contributed by atoms with E-state index in [1.165, 1.54) is 18.2 Å². The summed E-state index contributed by atoms with van der Waals surface area (Å²) >= 11 is 3.18. The van der Waals surface area contributed by atoms with E-state index in [4.69, 9.17) is 9.88 Å². The molecule has 0 aliphatic rings. The molecular formula is C12H17BrN2O4S. The van der Waals surface area contributed by atoms with Gasteiger partial charge in [-0.2, -0.15) is 0 Å². The number of rotatable bonds is 7. The minimum absolute atomic E-state index is 0.0240. The third-order valence-corrected chi connectivity index (χ3v) is 3.97. The van der Waals surface area contributed by atoms with Crippen LogP contribution in [0, 0.1) is 0 Å². The molecular weight excluding hydrogens is 348 g/mol. The van der Waals surface area contributed by atoms with Crippen molar-refractivity contribution in [3.63, 3.8) is 0 Å². The fraction of sp³-hybridized carbons (Fsp3) is 0.417. The van der Waals surface area contributed by atoms with Crippen LogP contribution < -0.4 is 15.2 Å². The number of hydrogen-bond donors (Lipinski definition) is 2. The van der Waals surface area contributed by atoms with Crippen LogP contribution in [0.3, 0.4) is 0 Å². The molecule has 0 heterocycles. The monoisotopic (exact) mass is 364 g/mol. The first-order chi connectivity index (χ1) is 9.34. The molecule has 8 heteroatoms. The molecule has 0 saturated carbocycles. The summed E-state index contributed by atoms with van der Waals surface area (Å²) in [4.78, 5) is 11.4. The smallest absolute Gasteiger partial charge is 0.257 e. The standard InChI is InChI=1S/C12H17BrN2O4S/c1-2-3-6-15-12(16)8-19-11-5-4-9(7-10(11)13)20(14,17)18/h4-5,7H,2-3,6,8H2,1H3,(H,15,16)(H2,14,17,18). The zero-order valence-electron chi connectivity index (χ0n) is 11.1. The Morgan fingerprint density at radius 1 is 1.45 bits per heavy atom. The summed E-state index contributed by atoms with van der Waals surface area (Å²) in [5, 5.41) is 7.73. The maximum atomic E-state index is 11.5. The van der Waals surface area contributed by atoms with E-state index in [9.17, 15) is 13.2 Å². The lowest BCUT2D eigenvalue weighted by molar-refractivity contribution is -0.123. The lowest BCUT2D eigenvalue weighted by atomic mass is 10.3. The first-order valence-corrected chi connectivity index (χ1v) is 8.40. The Hall–Kier alpha value is -1.12. The van der Waals surface area contributed by atoms with Crippen molar-refractivity contribution in [1.82, 2.24) is 5.32 Å². The van der Waals surface area contributed by atoms with Crippen molar-refractivity contribution >= 4 is 31.9 Å². The van der Waals surface area contributed by atoms with E-state index in [1.54, 1.807) is 0 Å². The lowest BCUT2D eigenvalue weighted by Gasteiger charge is -2.09. The molecule has 1 aromatic carbocycles. The van der Waals surface area contributed by atoms with Gasteiger partial charge in [0, 0.05) is 6.54 Å². The molecule has 0 spiro atoms. The number of unbranched alkanes of at least 4 members (excludes halogenated alkanes) is 1. The van der Waals surface area contributed by atoms with E-state index in [0.29, 0.717) is 16.8 Å². The summed E-state index contributed by atoms with van der Waals surface area (Å²) < 4.78 is 28.0. The minimum atomic E-state index is -3.75. The third kappa shape index (κ3) is 5.48. The number of amides is 1. The van der Waals surface area contributed by atoms with Gasteiger partial charge in [0.2, 0.25) is 10.0 Å². The number of carbonyl (C=O) groups is 1. The van der Waals surface area contributed by atoms with E-state index in [-0.39, 0.29) is 17.4 Å². The van der Waals surface area contributed by atoms with Crippen LogP contribution in [0.4, 0.5) is 0 Å². The van der Waals surface area contributed by atoms with Crippen molar-refractivity contribution in [2.45, 2.75) is 24.7 Å². The fourth-order valence-electron chi connectivity index (χ4n) is 1.37. The molecule has 0 aliphatic carbocycles. The van der Waals surface area contributed by atoms with Gasteiger partial charge in [-0.15, -0.1) is 0 Å². The predicted molar refractivity (Wildman–Crippen MR) is 78.9 cm³/mol. The number of hydrogen-bond acceptors (Lipinski definition) is 4. The van der Waals surface area contributed by atoms with Crippen molar-refractivity contribution in [2.75, 3.05) is 13.2 Å². The first kappa shape index (κ1) is 16.9. The molecule has 1 aromatic rings. The van der Waals surface area contributed by atoms with Crippen molar-refractivity contribution < 1.29 is 17.9 Å². The molecule has 1 amide bonds. The molecule has 0 unspecified atom stereocenters. The molecule has 20 heavy (non-hydrogen) atoms. The van der Waals surface area contributed by atoms with Crippen molar-refractivity contribution in [3.05, 3.63) is 22.7 Å². The Labute approximate surface area is 126 Å². The average molecular weight is 365 g/mol. The Morgan fingerprint density at radius 3 is 2.70 bits per heavy atom. The number of primary sulfonamides is 1. The number of nitrogens with two attached hydrogens (primary N) is 1. The number of benzene rings is 1. The normalized spacial score (nSPS) is 11.2. The Bertz CT molecular complexity index is 575. The zero-order chi connectivity index (χ0) is 15.2. The van der Waals surface area contributed by atoms with Gasteiger partial charge in [0.15, 0.2) is 6.61 Å². The van der Waals surface area contributed by atoms with E-state index < -0.39 is 10.0 Å². The van der Waals surface area contributed by atoms with Gasteiger partial charge >= 0.3 is 0 Å². The highest BCUT2D eigenvalue weighted by atomic mass is 79.9. The van der Waals surface area contributed by atoms with Crippen molar-refractivity contribution in [2.24, 2.45) is 5.14 Å². The van der Waals surface area contributed by atoms with Crippen LogP contribution in [0.5, 0.6) is 5.75 Å². The van der Waals surface area contributed by atoms with Crippen LogP contribution in [-0.4, -0.2) is 27.5 Å². The highest BCUT2D eigenvalue weighted by Gasteiger charge is 2.11. The highest BCUT2D eigenvalue weighted by molar-refractivity contribution is 9.10. The minimum Gasteiger partial charge on any atom is -0.483 e. The van der Waals surface area contributed by atoms with E-state index in [2.05, 4.69) is 21.2 Å². The van der Waals surface area contributed by atoms with Gasteiger partial charge in [0.05, 0.1) is 9.37 Å². The molecule has 112 valence electrons. The second kappa shape index (κ2) is 7.61. The fourth-order valence-corrected chi connectivity index (χ4v) is 2.56. The number of sulfonamides is 1. The Balaban J connectivity index is 2.59. The molecule has 0 aromatic heterocycles. The molecule has 0 atom stereocenters. The third-order valence-electron chi connectivity index (χ3n) is 2.44. The molecule has 1 rings (SSSR count). The van der Waals surface area contributed by atoms with E-state index in [1.807, 2.05) is 6.92 Å².